The molecular formula is C16H13IN2O3. The molecule has 0 amide bonds. The molecule has 0 bridgehead atoms. The summed E-state index contributed by atoms with van der Waals surface area (Å²) in [6.07, 6.45) is -0.363. The van der Waals surface area contributed by atoms with Gasteiger partial charge in [0.25, 0.3) is 0 Å². The van der Waals surface area contributed by atoms with Gasteiger partial charge >= 0.3 is 5.97 Å². The average Bonchev–Trinajstić information content (AvgIpc) is 3.00. The van der Waals surface area contributed by atoms with E-state index < -0.39 is 5.97 Å². The van der Waals surface area contributed by atoms with Crippen LogP contribution in [0.5, 0.6) is 0 Å². The molecule has 0 aliphatic carbocycles. The van der Waals surface area contributed by atoms with Crippen molar-refractivity contribution < 1.29 is 14.6 Å². The average molecular weight is 408 g/mol. The first kappa shape index (κ1) is 14.8. The lowest BCUT2D eigenvalue weighted by atomic mass is 10.1. The number of benzene rings is 2. The number of carboxylic acid groups (broad SMARTS) is 1. The molecule has 0 saturated heterocycles. The second kappa shape index (κ2) is 5.96. The monoisotopic (exact) mass is 408 g/mol. The maximum atomic E-state index is 11.0. The number of hydrogen-bond donors (Lipinski definition) is 2. The number of ether oxygens (including phenoxy) is 1. The predicted molar refractivity (Wildman–Crippen MR) is 90.8 cm³/mol. The van der Waals surface area contributed by atoms with Gasteiger partial charge in [-0.3, -0.25) is 5.43 Å². The third-order valence-corrected chi connectivity index (χ3v) is 4.53. The van der Waals surface area contributed by atoms with E-state index in [0.29, 0.717) is 11.5 Å². The maximum absolute atomic E-state index is 11.0. The second-order valence-corrected chi connectivity index (χ2v) is 6.10. The van der Waals surface area contributed by atoms with E-state index in [1.165, 1.54) is 11.6 Å². The molecule has 22 heavy (non-hydrogen) atoms. The molecule has 1 heterocycles. The van der Waals surface area contributed by atoms with E-state index in [1.807, 2.05) is 25.1 Å². The van der Waals surface area contributed by atoms with Gasteiger partial charge in [-0.15, -0.1) is 5.10 Å². The Hall–Kier alpha value is -2.09. The molecule has 1 atom stereocenters. The van der Waals surface area contributed by atoms with Crippen molar-refractivity contribution in [3.63, 3.8) is 0 Å². The number of carbonyl (C=O) groups is 1. The highest BCUT2D eigenvalue weighted by Crippen LogP contribution is 2.24. The lowest BCUT2D eigenvalue weighted by Gasteiger charge is -2.12. The molecule has 6 heteroatoms. The number of aryl methyl sites for hydroxylation is 1. The highest BCUT2D eigenvalue weighted by molar-refractivity contribution is 14.1. The van der Waals surface area contributed by atoms with E-state index in [0.717, 1.165) is 9.13 Å². The van der Waals surface area contributed by atoms with Crippen LogP contribution in [0.4, 0.5) is 0 Å². The lowest BCUT2D eigenvalue weighted by Crippen LogP contribution is -2.13. The first-order valence-corrected chi connectivity index (χ1v) is 7.72. The molecule has 0 aromatic heterocycles. The van der Waals surface area contributed by atoms with Gasteiger partial charge < -0.3 is 9.84 Å². The number of rotatable bonds is 3. The van der Waals surface area contributed by atoms with Crippen molar-refractivity contribution in [1.29, 1.82) is 0 Å². The van der Waals surface area contributed by atoms with Gasteiger partial charge in [-0.1, -0.05) is 18.2 Å². The number of nitrogens with one attached hydrogen (secondary N) is 1. The molecule has 0 fully saturated rings. The Morgan fingerprint density at radius 3 is 2.86 bits per heavy atom. The standard InChI is InChI=1S/C16H13IN2O3/c1-9-5-6-11(8-13(9)17)15-19-18-14(22-15)10-3-2-4-12(7-10)16(20)21/h2-8,15,19H,1H3,(H,20,21). The third-order valence-electron chi connectivity index (χ3n) is 3.37. The van der Waals surface area contributed by atoms with Crippen molar-refractivity contribution >= 4 is 34.5 Å². The smallest absolute Gasteiger partial charge is 0.335 e. The number of carboxylic acids is 1. The first-order chi connectivity index (χ1) is 10.5. The minimum atomic E-state index is -0.974. The van der Waals surface area contributed by atoms with Crippen molar-refractivity contribution in [1.82, 2.24) is 5.43 Å². The minimum Gasteiger partial charge on any atom is -0.478 e. The summed E-state index contributed by atoms with van der Waals surface area (Å²) < 4.78 is 6.96. The quantitative estimate of drug-likeness (QED) is 0.765. The Balaban J connectivity index is 1.80. The van der Waals surface area contributed by atoms with Gasteiger partial charge in [0.15, 0.2) is 0 Å². The predicted octanol–water partition coefficient (Wildman–Crippen LogP) is 3.28. The largest absolute Gasteiger partial charge is 0.478 e. The normalized spacial score (nSPS) is 16.6. The Bertz CT molecular complexity index is 774. The third kappa shape index (κ3) is 2.92. The van der Waals surface area contributed by atoms with E-state index >= 15 is 0 Å². The van der Waals surface area contributed by atoms with Gasteiger partial charge in [-0.2, -0.15) is 0 Å². The fourth-order valence-corrected chi connectivity index (χ4v) is 2.65. The molecule has 0 spiro atoms. The fraction of sp³-hybridized carbons (Fsp3) is 0.125. The van der Waals surface area contributed by atoms with Crippen LogP contribution in [0.25, 0.3) is 0 Å². The molecule has 2 N–H and O–H groups in total. The van der Waals surface area contributed by atoms with Crippen LogP contribution in [0.1, 0.15) is 33.3 Å². The zero-order valence-corrected chi connectivity index (χ0v) is 13.9. The molecule has 1 unspecified atom stereocenters. The molecule has 1 aliphatic heterocycles. The Morgan fingerprint density at radius 1 is 1.32 bits per heavy atom. The molecule has 5 nitrogen and oxygen atoms in total. The summed E-state index contributed by atoms with van der Waals surface area (Å²) in [6, 6.07) is 12.6. The van der Waals surface area contributed by atoms with Crippen molar-refractivity contribution in [2.45, 2.75) is 13.2 Å². The minimum absolute atomic E-state index is 0.206. The molecule has 3 rings (SSSR count). The Labute approximate surface area is 141 Å². The molecular weight excluding hydrogens is 395 g/mol. The van der Waals surface area contributed by atoms with Crippen LogP contribution in [-0.4, -0.2) is 17.0 Å². The van der Waals surface area contributed by atoms with Crippen molar-refractivity contribution in [2.75, 3.05) is 0 Å². The van der Waals surface area contributed by atoms with Crippen LogP contribution >= 0.6 is 22.6 Å². The van der Waals surface area contributed by atoms with Crippen molar-refractivity contribution in [3.8, 4) is 0 Å². The molecule has 0 radical (unpaired) electrons. The molecule has 112 valence electrons. The zero-order chi connectivity index (χ0) is 15.7. The summed E-state index contributed by atoms with van der Waals surface area (Å²) in [5.74, 6) is -0.582. The maximum Gasteiger partial charge on any atom is 0.335 e. The summed E-state index contributed by atoms with van der Waals surface area (Å²) in [6.45, 7) is 2.05. The van der Waals surface area contributed by atoms with Crippen LogP contribution in [0.2, 0.25) is 0 Å². The number of hydrogen-bond acceptors (Lipinski definition) is 4. The fourth-order valence-electron chi connectivity index (χ4n) is 2.11. The summed E-state index contributed by atoms with van der Waals surface area (Å²) in [5.41, 5.74) is 5.95. The van der Waals surface area contributed by atoms with Crippen LogP contribution in [0, 0.1) is 10.5 Å². The van der Waals surface area contributed by atoms with E-state index in [4.69, 9.17) is 9.84 Å². The highest BCUT2D eigenvalue weighted by atomic mass is 127. The first-order valence-electron chi connectivity index (χ1n) is 6.64. The van der Waals surface area contributed by atoms with Gasteiger partial charge in [0.1, 0.15) is 0 Å². The van der Waals surface area contributed by atoms with Gasteiger partial charge in [-0.25, -0.2) is 4.79 Å². The molecule has 0 saturated carbocycles. The lowest BCUT2D eigenvalue weighted by molar-refractivity contribution is 0.0697. The van der Waals surface area contributed by atoms with Crippen LogP contribution in [-0.2, 0) is 4.74 Å². The second-order valence-electron chi connectivity index (χ2n) is 4.94. The molecule has 2 aromatic rings. The van der Waals surface area contributed by atoms with E-state index in [2.05, 4.69) is 33.1 Å². The number of hydrazone groups is 1. The van der Waals surface area contributed by atoms with Gasteiger partial charge in [0.05, 0.1) is 5.56 Å². The van der Waals surface area contributed by atoms with Crippen molar-refractivity contribution in [3.05, 3.63) is 68.3 Å². The summed E-state index contributed by atoms with van der Waals surface area (Å²) in [4.78, 5) is 11.0. The number of halogens is 1. The summed E-state index contributed by atoms with van der Waals surface area (Å²) in [7, 11) is 0. The highest BCUT2D eigenvalue weighted by Gasteiger charge is 2.23. The van der Waals surface area contributed by atoms with E-state index in [9.17, 15) is 4.79 Å². The van der Waals surface area contributed by atoms with Crippen LogP contribution < -0.4 is 5.43 Å². The zero-order valence-electron chi connectivity index (χ0n) is 11.7. The molecule has 2 aromatic carbocycles. The van der Waals surface area contributed by atoms with Gasteiger partial charge in [-0.05, 0) is 59.3 Å². The SMILES string of the molecule is Cc1ccc(C2NN=C(c3cccc(C(=O)O)c3)O2)cc1I. The number of aromatic carboxylic acids is 1. The van der Waals surface area contributed by atoms with E-state index in [1.54, 1.807) is 18.2 Å². The van der Waals surface area contributed by atoms with Gasteiger partial charge in [0.2, 0.25) is 12.1 Å². The van der Waals surface area contributed by atoms with E-state index in [-0.39, 0.29) is 11.8 Å². The van der Waals surface area contributed by atoms with Gasteiger partial charge in [0, 0.05) is 14.7 Å². The summed E-state index contributed by atoms with van der Waals surface area (Å²) in [5, 5.41) is 13.2. The summed E-state index contributed by atoms with van der Waals surface area (Å²) >= 11 is 2.28. The topological polar surface area (TPSA) is 70.9 Å². The Morgan fingerprint density at radius 2 is 2.14 bits per heavy atom. The Kier molecular flexibility index (Phi) is 4.02. The molecule has 1 aliphatic rings. The van der Waals surface area contributed by atoms with Crippen LogP contribution in [0.15, 0.2) is 47.6 Å². The van der Waals surface area contributed by atoms with Crippen molar-refractivity contribution in [2.24, 2.45) is 5.10 Å². The number of nitrogens with zero attached hydrogens (tertiary/aromatic N) is 1. The van der Waals surface area contributed by atoms with Crippen LogP contribution in [0.3, 0.4) is 0 Å².